The summed E-state index contributed by atoms with van der Waals surface area (Å²) < 4.78 is 0. The monoisotopic (exact) mass is 405 g/mol. The Kier molecular flexibility index (Phi) is 4.14. The quantitative estimate of drug-likeness (QED) is 0.705. The number of hydrogen-bond acceptors (Lipinski definition) is 3. The van der Waals surface area contributed by atoms with Crippen molar-refractivity contribution in [2.24, 2.45) is 11.8 Å². The molecule has 1 saturated heterocycles. The second-order valence-corrected chi connectivity index (χ2v) is 10.1. The van der Waals surface area contributed by atoms with E-state index in [1.807, 2.05) is 0 Å². The highest BCUT2D eigenvalue weighted by atomic mass is 16.2. The molecule has 5 nitrogen and oxygen atoms in total. The number of hydrogen-bond donors (Lipinski definition) is 2. The molecule has 5 heteroatoms. The van der Waals surface area contributed by atoms with Crippen molar-refractivity contribution >= 4 is 22.7 Å². The van der Waals surface area contributed by atoms with Gasteiger partial charge in [0.25, 0.3) is 0 Å². The van der Waals surface area contributed by atoms with Gasteiger partial charge >= 0.3 is 0 Å². The molecule has 0 radical (unpaired) electrons. The average Bonchev–Trinajstić information content (AvgIpc) is 3.24. The van der Waals surface area contributed by atoms with Crippen molar-refractivity contribution in [2.45, 2.75) is 82.3 Å². The number of aromatic nitrogens is 1. The Morgan fingerprint density at radius 3 is 2.60 bits per heavy atom. The van der Waals surface area contributed by atoms with Crippen LogP contribution in [0.25, 0.3) is 10.9 Å². The number of carbonyl (C=O) groups excluding carboxylic acids is 2. The van der Waals surface area contributed by atoms with Crippen LogP contribution in [0.1, 0.15) is 69.5 Å². The second-order valence-electron chi connectivity index (χ2n) is 10.1. The van der Waals surface area contributed by atoms with Crippen molar-refractivity contribution < 1.29 is 9.59 Å². The number of para-hydroxylation sites is 1. The van der Waals surface area contributed by atoms with Crippen LogP contribution in [0.4, 0.5) is 0 Å². The standard InChI is InChI=1S/C25H31N3O2/c1-15-13-19-17-9-5-6-10-21(17)26-22(19)25(27-15)12-11-18-20(14-25)24(30)28(23(18)29)16-7-3-2-4-8-16/h5-6,9-10,15-16,18,20,26-27H,2-4,7-8,11-14H2,1H3. The summed E-state index contributed by atoms with van der Waals surface area (Å²) in [6, 6.07) is 9.03. The molecule has 1 aromatic heterocycles. The van der Waals surface area contributed by atoms with Gasteiger partial charge in [-0.15, -0.1) is 0 Å². The lowest BCUT2D eigenvalue weighted by Gasteiger charge is -2.46. The molecule has 2 saturated carbocycles. The van der Waals surface area contributed by atoms with Gasteiger partial charge in [0, 0.05) is 28.7 Å². The largest absolute Gasteiger partial charge is 0.357 e. The number of imide groups is 1. The molecule has 4 unspecified atom stereocenters. The zero-order valence-electron chi connectivity index (χ0n) is 17.7. The molecule has 4 aliphatic rings. The number of nitrogens with zero attached hydrogens (tertiary/aromatic N) is 1. The molecule has 30 heavy (non-hydrogen) atoms. The van der Waals surface area contributed by atoms with Gasteiger partial charge in [0.2, 0.25) is 11.8 Å². The highest BCUT2D eigenvalue weighted by molar-refractivity contribution is 6.05. The van der Waals surface area contributed by atoms with Crippen molar-refractivity contribution in [3.63, 3.8) is 0 Å². The molecule has 6 rings (SSSR count). The molecule has 2 aromatic rings. The van der Waals surface area contributed by atoms with E-state index in [4.69, 9.17) is 0 Å². The molecule has 0 bridgehead atoms. The van der Waals surface area contributed by atoms with E-state index in [1.165, 1.54) is 28.6 Å². The summed E-state index contributed by atoms with van der Waals surface area (Å²) in [7, 11) is 0. The summed E-state index contributed by atoms with van der Waals surface area (Å²) in [5, 5.41) is 5.18. The van der Waals surface area contributed by atoms with Crippen molar-refractivity contribution in [3.8, 4) is 0 Å². The van der Waals surface area contributed by atoms with Gasteiger partial charge in [-0.2, -0.15) is 0 Å². The third-order valence-corrected chi connectivity index (χ3v) is 8.31. The molecule has 4 atom stereocenters. The van der Waals surface area contributed by atoms with Crippen LogP contribution in [-0.4, -0.2) is 33.8 Å². The maximum absolute atomic E-state index is 13.5. The van der Waals surface area contributed by atoms with E-state index in [2.05, 4.69) is 41.5 Å². The smallest absolute Gasteiger partial charge is 0.233 e. The molecule has 2 aliphatic carbocycles. The van der Waals surface area contributed by atoms with E-state index in [1.54, 1.807) is 4.90 Å². The molecule has 1 aromatic carbocycles. The Morgan fingerprint density at radius 1 is 1.00 bits per heavy atom. The number of carbonyl (C=O) groups is 2. The third-order valence-electron chi connectivity index (χ3n) is 8.31. The van der Waals surface area contributed by atoms with Crippen molar-refractivity contribution in [3.05, 3.63) is 35.5 Å². The molecule has 2 aliphatic heterocycles. The zero-order valence-corrected chi connectivity index (χ0v) is 17.7. The SMILES string of the molecule is CC1Cc2c([nH]c3ccccc23)C2(CCC3C(=O)N(C4CCCCC4)C(=O)C3C2)N1. The molecule has 3 heterocycles. The van der Waals surface area contributed by atoms with Gasteiger partial charge in [0.05, 0.1) is 17.4 Å². The predicted molar refractivity (Wildman–Crippen MR) is 116 cm³/mol. The molecule has 1 spiro atoms. The van der Waals surface area contributed by atoms with Gasteiger partial charge < -0.3 is 10.3 Å². The van der Waals surface area contributed by atoms with E-state index >= 15 is 0 Å². The number of benzene rings is 1. The van der Waals surface area contributed by atoms with Gasteiger partial charge in [-0.05, 0) is 57.1 Å². The summed E-state index contributed by atoms with van der Waals surface area (Å²) in [6.45, 7) is 2.24. The second kappa shape index (κ2) is 6.68. The van der Waals surface area contributed by atoms with E-state index in [0.717, 1.165) is 51.4 Å². The molecular weight excluding hydrogens is 374 g/mol. The lowest BCUT2D eigenvalue weighted by molar-refractivity contribution is -0.143. The van der Waals surface area contributed by atoms with Crippen LogP contribution in [0.5, 0.6) is 0 Å². The topological polar surface area (TPSA) is 65.2 Å². The first kappa shape index (κ1) is 18.6. The maximum Gasteiger partial charge on any atom is 0.233 e. The molecule has 3 fully saturated rings. The maximum atomic E-state index is 13.5. The molecule has 2 N–H and O–H groups in total. The normalized spacial score (nSPS) is 34.6. The minimum atomic E-state index is -0.230. The first-order valence-electron chi connectivity index (χ1n) is 11.8. The lowest BCUT2D eigenvalue weighted by atomic mass is 9.67. The summed E-state index contributed by atoms with van der Waals surface area (Å²) >= 11 is 0. The fraction of sp³-hybridized carbons (Fsp3) is 0.600. The van der Waals surface area contributed by atoms with Crippen molar-refractivity contribution in [1.82, 2.24) is 15.2 Å². The van der Waals surface area contributed by atoms with Gasteiger partial charge in [-0.3, -0.25) is 14.5 Å². The van der Waals surface area contributed by atoms with Gasteiger partial charge in [0.15, 0.2) is 0 Å². The van der Waals surface area contributed by atoms with Gasteiger partial charge in [0.1, 0.15) is 0 Å². The molecule has 2 amide bonds. The van der Waals surface area contributed by atoms with Crippen LogP contribution in [0.15, 0.2) is 24.3 Å². The van der Waals surface area contributed by atoms with Crippen LogP contribution in [0, 0.1) is 11.8 Å². The van der Waals surface area contributed by atoms with E-state index < -0.39 is 0 Å². The Hall–Kier alpha value is -2.14. The number of aromatic amines is 1. The Labute approximate surface area is 177 Å². The third kappa shape index (κ3) is 2.57. The number of amides is 2. The van der Waals surface area contributed by atoms with E-state index in [-0.39, 0.29) is 35.2 Å². The Balaban J connectivity index is 1.37. The zero-order chi connectivity index (χ0) is 20.5. The van der Waals surface area contributed by atoms with Crippen LogP contribution >= 0.6 is 0 Å². The van der Waals surface area contributed by atoms with Gasteiger partial charge in [-0.1, -0.05) is 37.5 Å². The van der Waals surface area contributed by atoms with Crippen LogP contribution in [-0.2, 0) is 21.5 Å². The lowest BCUT2D eigenvalue weighted by Crippen LogP contribution is -2.55. The summed E-state index contributed by atoms with van der Waals surface area (Å²) in [4.78, 5) is 32.2. The van der Waals surface area contributed by atoms with Crippen LogP contribution in [0.3, 0.4) is 0 Å². The highest BCUT2D eigenvalue weighted by Crippen LogP contribution is 2.50. The van der Waals surface area contributed by atoms with Crippen LogP contribution in [0.2, 0.25) is 0 Å². The number of fused-ring (bicyclic) bond motifs is 5. The Bertz CT molecular complexity index is 1020. The van der Waals surface area contributed by atoms with Crippen LogP contribution < -0.4 is 5.32 Å². The highest BCUT2D eigenvalue weighted by Gasteiger charge is 2.57. The fourth-order valence-corrected chi connectivity index (χ4v) is 7.02. The first-order chi connectivity index (χ1) is 14.6. The minimum absolute atomic E-state index is 0.105. The number of nitrogens with one attached hydrogen (secondary N) is 2. The minimum Gasteiger partial charge on any atom is -0.357 e. The Morgan fingerprint density at radius 2 is 1.77 bits per heavy atom. The van der Waals surface area contributed by atoms with E-state index in [9.17, 15) is 9.59 Å². The first-order valence-corrected chi connectivity index (χ1v) is 11.8. The predicted octanol–water partition coefficient (Wildman–Crippen LogP) is 4.02. The summed E-state index contributed by atoms with van der Waals surface area (Å²) in [6.07, 6.45) is 8.92. The molecule has 158 valence electrons. The van der Waals surface area contributed by atoms with E-state index in [0.29, 0.717) is 6.04 Å². The number of H-pyrrole nitrogens is 1. The summed E-state index contributed by atoms with van der Waals surface area (Å²) in [5.74, 6) is -0.0664. The van der Waals surface area contributed by atoms with Gasteiger partial charge in [-0.25, -0.2) is 0 Å². The number of rotatable bonds is 1. The fourth-order valence-electron chi connectivity index (χ4n) is 7.02. The van der Waals surface area contributed by atoms with Crippen molar-refractivity contribution in [2.75, 3.05) is 0 Å². The number of likely N-dealkylation sites (tertiary alicyclic amines) is 1. The molecular formula is C25H31N3O2. The average molecular weight is 406 g/mol. The summed E-state index contributed by atoms with van der Waals surface area (Å²) in [5.41, 5.74) is 3.61. The van der Waals surface area contributed by atoms with Crippen molar-refractivity contribution in [1.29, 1.82) is 0 Å².